The highest BCUT2D eigenvalue weighted by Gasteiger charge is 2.63. The Hall–Kier alpha value is -3.11. The number of piperidine rings is 1. The lowest BCUT2D eigenvalue weighted by Crippen LogP contribution is -2.60. The van der Waals surface area contributed by atoms with E-state index in [4.69, 9.17) is 14.3 Å². The summed E-state index contributed by atoms with van der Waals surface area (Å²) in [5, 5.41) is 13.9. The fourth-order valence-corrected chi connectivity index (χ4v) is 7.24. The smallest absolute Gasteiger partial charge is 0.482 e. The summed E-state index contributed by atoms with van der Waals surface area (Å²) in [6, 6.07) is 3.70. The van der Waals surface area contributed by atoms with Crippen LogP contribution in [-0.2, 0) is 19.8 Å². The van der Waals surface area contributed by atoms with Gasteiger partial charge in [0.1, 0.15) is 11.9 Å². The number of nitrogens with one attached hydrogen (secondary N) is 2. The zero-order valence-corrected chi connectivity index (χ0v) is 25.1. The topological polar surface area (TPSA) is 126 Å². The van der Waals surface area contributed by atoms with Crippen LogP contribution in [-0.4, -0.2) is 66.7 Å². The van der Waals surface area contributed by atoms with Crippen LogP contribution in [0.1, 0.15) is 89.2 Å². The lowest BCUT2D eigenvalue weighted by molar-refractivity contribution is -0.122. The molecule has 2 aliphatic heterocycles. The number of carbonyl (C=O) groups excluding carboxylic acids is 3. The van der Waals surface area contributed by atoms with Crippen molar-refractivity contribution in [3.05, 3.63) is 29.0 Å². The number of hydrogen-bond donors (Lipinski definition) is 3. The summed E-state index contributed by atoms with van der Waals surface area (Å²) in [7, 11) is 2.13. The number of allylic oxidation sites excluding steroid dienone is 1. The average molecular weight is 584 g/mol. The van der Waals surface area contributed by atoms with Crippen LogP contribution in [0.2, 0.25) is 0 Å². The number of hydroxylamine groups is 1. The van der Waals surface area contributed by atoms with Gasteiger partial charge < -0.3 is 29.6 Å². The number of unbranched alkanes of at least 4 members (excludes halogenated alkanes) is 3. The summed E-state index contributed by atoms with van der Waals surface area (Å²) in [5.41, 5.74) is 5.77. The summed E-state index contributed by atoms with van der Waals surface area (Å²) < 4.78 is 12.0. The van der Waals surface area contributed by atoms with E-state index in [9.17, 15) is 19.5 Å². The van der Waals surface area contributed by atoms with Crippen LogP contribution in [0, 0.1) is 11.8 Å². The zero-order valence-electron chi connectivity index (χ0n) is 25.1. The highest BCUT2D eigenvalue weighted by atomic mass is 16.8. The first-order valence-electron chi connectivity index (χ1n) is 15.6. The Morgan fingerprint density at radius 2 is 1.95 bits per heavy atom. The van der Waals surface area contributed by atoms with Gasteiger partial charge in [-0.25, -0.2) is 4.79 Å². The van der Waals surface area contributed by atoms with E-state index in [1.54, 1.807) is 13.0 Å². The third-order valence-electron chi connectivity index (χ3n) is 9.67. The molecule has 5 unspecified atom stereocenters. The number of amides is 1. The number of rotatable bonds is 14. The SMILES string of the molecule is CC(=O)C(C)CCCCNC(=O)CCCCCNOC(=O)Oc1ccc2c3c1OC1C(O)CCC4C(=C2)N(C)CCC341. The van der Waals surface area contributed by atoms with E-state index in [1.807, 2.05) is 13.0 Å². The molecule has 42 heavy (non-hydrogen) atoms. The first-order chi connectivity index (χ1) is 20.2. The molecular weight excluding hydrogens is 538 g/mol. The van der Waals surface area contributed by atoms with Gasteiger partial charge in [0.25, 0.3) is 0 Å². The molecule has 2 aliphatic carbocycles. The van der Waals surface area contributed by atoms with E-state index in [-0.39, 0.29) is 35.0 Å². The molecule has 0 aromatic heterocycles. The summed E-state index contributed by atoms with van der Waals surface area (Å²) in [4.78, 5) is 43.2. The van der Waals surface area contributed by atoms with Crippen molar-refractivity contribution in [3.8, 4) is 11.5 Å². The highest BCUT2D eigenvalue weighted by molar-refractivity contribution is 5.78. The van der Waals surface area contributed by atoms with Gasteiger partial charge in [0.15, 0.2) is 11.5 Å². The fourth-order valence-electron chi connectivity index (χ4n) is 7.24. The molecule has 5 rings (SSSR count). The molecule has 5 atom stereocenters. The second-order valence-electron chi connectivity index (χ2n) is 12.4. The van der Waals surface area contributed by atoms with Crippen LogP contribution in [0.3, 0.4) is 0 Å². The number of nitrogens with zero attached hydrogens (tertiary/aromatic N) is 1. The molecular formula is C32H45N3O7. The van der Waals surface area contributed by atoms with Crippen molar-refractivity contribution in [3.63, 3.8) is 0 Å². The normalized spacial score (nSPS) is 25.6. The van der Waals surface area contributed by atoms with Gasteiger partial charge in [-0.1, -0.05) is 25.8 Å². The third-order valence-corrected chi connectivity index (χ3v) is 9.67. The number of ketones is 1. The zero-order chi connectivity index (χ0) is 29.9. The second kappa shape index (κ2) is 13.0. The quantitative estimate of drug-likeness (QED) is 0.128. The highest BCUT2D eigenvalue weighted by Crippen LogP contribution is 2.64. The molecule has 1 saturated heterocycles. The molecule has 3 N–H and O–H groups in total. The number of aliphatic hydroxyl groups is 1. The standard InChI is InChI=1S/C32H45N3O7/c1-20(21(2)36)9-6-8-16-33-27(38)10-5-4-7-17-34-42-31(39)40-26-14-11-22-19-24-23-12-13-25(37)30-32(23,15-18-35(24)3)28(22)29(26)41-30/h11,14,19-20,23,25,30,34,37H,4-10,12-13,15-18H2,1-3H3,(H,33,38). The van der Waals surface area contributed by atoms with Gasteiger partial charge in [-0.3, -0.25) is 9.59 Å². The maximum absolute atomic E-state index is 12.5. The van der Waals surface area contributed by atoms with Crippen molar-refractivity contribution >= 4 is 23.9 Å². The van der Waals surface area contributed by atoms with Crippen molar-refractivity contribution in [2.45, 2.75) is 95.7 Å². The monoisotopic (exact) mass is 583 g/mol. The lowest BCUT2D eigenvalue weighted by atomic mass is 9.54. The number of benzene rings is 1. The number of Topliss-reactive ketones (excluding diaryl/α,β-unsaturated/α-hetero) is 1. The molecule has 1 aromatic rings. The minimum Gasteiger partial charge on any atom is -0.482 e. The van der Waals surface area contributed by atoms with Crippen molar-refractivity contribution in [1.82, 2.24) is 15.7 Å². The molecule has 1 amide bonds. The Balaban J connectivity index is 1.03. The molecule has 1 saturated carbocycles. The van der Waals surface area contributed by atoms with Gasteiger partial charge in [-0.05, 0) is 69.6 Å². The lowest BCUT2D eigenvalue weighted by Gasteiger charge is -2.55. The Kier molecular flexibility index (Phi) is 9.42. The van der Waals surface area contributed by atoms with E-state index in [0.29, 0.717) is 37.4 Å². The van der Waals surface area contributed by atoms with Gasteiger partial charge in [0, 0.05) is 61.6 Å². The maximum atomic E-state index is 12.5. The van der Waals surface area contributed by atoms with Gasteiger partial charge >= 0.3 is 6.16 Å². The van der Waals surface area contributed by atoms with Crippen molar-refractivity contribution < 1.29 is 33.8 Å². The predicted molar refractivity (Wildman–Crippen MR) is 157 cm³/mol. The number of hydrogen-bond acceptors (Lipinski definition) is 9. The summed E-state index contributed by atoms with van der Waals surface area (Å²) >= 11 is 0. The van der Waals surface area contributed by atoms with Crippen molar-refractivity contribution in [1.29, 1.82) is 0 Å². The minimum absolute atomic E-state index is 0.0352. The van der Waals surface area contributed by atoms with E-state index in [2.05, 4.69) is 28.8 Å². The average Bonchev–Trinajstić information content (AvgIpc) is 3.32. The summed E-state index contributed by atoms with van der Waals surface area (Å²) in [6.45, 7) is 5.52. The van der Waals surface area contributed by atoms with E-state index < -0.39 is 12.3 Å². The largest absolute Gasteiger partial charge is 0.533 e. The van der Waals surface area contributed by atoms with Gasteiger partial charge in [-0.2, -0.15) is 0 Å². The molecule has 0 radical (unpaired) electrons. The van der Waals surface area contributed by atoms with Crippen LogP contribution in [0.5, 0.6) is 11.5 Å². The van der Waals surface area contributed by atoms with Gasteiger partial charge in [0.05, 0.1) is 6.10 Å². The van der Waals surface area contributed by atoms with E-state index in [0.717, 1.165) is 69.0 Å². The number of likely N-dealkylation sites (tertiary alicyclic amines) is 1. The Labute approximate surface area is 248 Å². The number of ether oxygens (including phenoxy) is 2. The molecule has 230 valence electrons. The van der Waals surface area contributed by atoms with Crippen LogP contribution >= 0.6 is 0 Å². The molecule has 1 aromatic carbocycles. The van der Waals surface area contributed by atoms with Gasteiger partial charge in [-0.15, -0.1) is 5.48 Å². The molecule has 2 bridgehead atoms. The maximum Gasteiger partial charge on any atom is 0.533 e. The Morgan fingerprint density at radius 3 is 2.76 bits per heavy atom. The minimum atomic E-state index is -0.869. The molecule has 4 aliphatic rings. The molecule has 10 heteroatoms. The van der Waals surface area contributed by atoms with Crippen LogP contribution in [0.25, 0.3) is 6.08 Å². The molecule has 10 nitrogen and oxygen atoms in total. The van der Waals surface area contributed by atoms with Crippen LogP contribution in [0.4, 0.5) is 4.79 Å². The molecule has 2 fully saturated rings. The van der Waals surface area contributed by atoms with Crippen LogP contribution in [0.15, 0.2) is 17.8 Å². The van der Waals surface area contributed by atoms with Crippen molar-refractivity contribution in [2.75, 3.05) is 26.7 Å². The fraction of sp³-hybridized carbons (Fsp3) is 0.656. The predicted octanol–water partition coefficient (Wildman–Crippen LogP) is 4.24. The molecule has 2 heterocycles. The molecule has 1 spiro atoms. The first-order valence-corrected chi connectivity index (χ1v) is 15.6. The van der Waals surface area contributed by atoms with Crippen molar-refractivity contribution in [2.24, 2.45) is 11.8 Å². The van der Waals surface area contributed by atoms with Gasteiger partial charge in [0.2, 0.25) is 5.91 Å². The Bertz CT molecular complexity index is 1220. The first kappa shape index (κ1) is 30.4. The second-order valence-corrected chi connectivity index (χ2v) is 12.4. The third kappa shape index (κ3) is 6.01. The summed E-state index contributed by atoms with van der Waals surface area (Å²) in [5.74, 6) is 1.47. The Morgan fingerprint density at radius 1 is 1.14 bits per heavy atom. The van der Waals surface area contributed by atoms with E-state index >= 15 is 0 Å². The number of aliphatic hydroxyl groups excluding tert-OH is 1. The van der Waals surface area contributed by atoms with Crippen LogP contribution < -0.4 is 20.3 Å². The number of carbonyl (C=O) groups is 3. The summed E-state index contributed by atoms with van der Waals surface area (Å²) in [6.07, 6.45) is 8.31. The van der Waals surface area contributed by atoms with E-state index in [1.165, 1.54) is 5.70 Å².